The third kappa shape index (κ3) is 3.31. The molecule has 10 aromatic rings. The van der Waals surface area contributed by atoms with Crippen LogP contribution in [0.1, 0.15) is 11.1 Å². The van der Waals surface area contributed by atoms with E-state index in [1.807, 2.05) is 6.07 Å². The highest BCUT2D eigenvalue weighted by Gasteiger charge is 2.25. The Bertz CT molecular complexity index is 2880. The van der Waals surface area contributed by atoms with Gasteiger partial charge in [0.1, 0.15) is 5.58 Å². The summed E-state index contributed by atoms with van der Waals surface area (Å²) in [4.78, 5) is 0. The summed E-state index contributed by atoms with van der Waals surface area (Å²) in [6.07, 6.45) is 0. The van der Waals surface area contributed by atoms with Gasteiger partial charge < -0.3 is 8.98 Å². The molecule has 0 aliphatic heterocycles. The van der Waals surface area contributed by atoms with E-state index in [1.165, 1.54) is 76.4 Å². The third-order valence-electron chi connectivity index (χ3n) is 10.2. The predicted octanol–water partition coefficient (Wildman–Crippen LogP) is 12.4. The Morgan fingerprint density at radius 2 is 1.09 bits per heavy atom. The van der Waals surface area contributed by atoms with Crippen LogP contribution in [0.4, 0.5) is 0 Å². The van der Waals surface area contributed by atoms with Crippen molar-refractivity contribution >= 4 is 76.1 Å². The van der Waals surface area contributed by atoms with E-state index in [2.05, 4.69) is 152 Å². The number of hydrogen-bond acceptors (Lipinski definition) is 1. The quantitative estimate of drug-likeness (QED) is 0.197. The van der Waals surface area contributed by atoms with Crippen molar-refractivity contribution in [3.8, 4) is 16.8 Å². The van der Waals surface area contributed by atoms with Gasteiger partial charge in [-0.1, -0.05) is 121 Å². The van der Waals surface area contributed by atoms with Gasteiger partial charge in [0.25, 0.3) is 0 Å². The van der Waals surface area contributed by atoms with Crippen LogP contribution in [0, 0.1) is 13.8 Å². The highest BCUT2D eigenvalue weighted by molar-refractivity contribution is 6.30. The van der Waals surface area contributed by atoms with Crippen LogP contribution < -0.4 is 0 Å². The number of rotatable bonds is 2. The molecule has 2 heteroatoms. The van der Waals surface area contributed by atoms with Crippen LogP contribution in [0.3, 0.4) is 0 Å². The Balaban J connectivity index is 1.46. The lowest BCUT2D eigenvalue weighted by atomic mass is 9.86. The van der Waals surface area contributed by atoms with E-state index in [0.717, 1.165) is 27.6 Å². The summed E-state index contributed by atoms with van der Waals surface area (Å²) in [5.41, 5.74) is 10.5. The van der Waals surface area contributed by atoms with Gasteiger partial charge in [0.15, 0.2) is 5.58 Å². The molecule has 0 saturated heterocycles. The zero-order chi connectivity index (χ0) is 30.5. The Morgan fingerprint density at radius 1 is 0.457 bits per heavy atom. The molecule has 2 heterocycles. The molecule has 0 saturated carbocycles. The van der Waals surface area contributed by atoms with Crippen molar-refractivity contribution in [3.63, 3.8) is 0 Å². The average molecular weight is 588 g/mol. The Morgan fingerprint density at radius 3 is 1.91 bits per heavy atom. The topological polar surface area (TPSA) is 18.1 Å². The molecule has 0 spiro atoms. The third-order valence-corrected chi connectivity index (χ3v) is 10.2. The Labute approximate surface area is 265 Å². The number of hydrogen-bond donors (Lipinski definition) is 0. The minimum absolute atomic E-state index is 0.909. The summed E-state index contributed by atoms with van der Waals surface area (Å²) in [5, 5.41) is 12.4. The minimum atomic E-state index is 0.909. The zero-order valence-electron chi connectivity index (χ0n) is 25.6. The summed E-state index contributed by atoms with van der Waals surface area (Å²) in [6.45, 7) is 4.60. The molecule has 46 heavy (non-hydrogen) atoms. The van der Waals surface area contributed by atoms with Crippen LogP contribution in [0.5, 0.6) is 0 Å². The summed E-state index contributed by atoms with van der Waals surface area (Å²) in [7, 11) is 0. The van der Waals surface area contributed by atoms with E-state index in [-0.39, 0.29) is 0 Å². The van der Waals surface area contributed by atoms with Crippen molar-refractivity contribution < 1.29 is 4.42 Å². The number of nitrogens with zero attached hydrogens (tertiary/aromatic N) is 1. The fraction of sp³-hybridized carbons (Fsp3) is 0.0455. The number of furan rings is 1. The van der Waals surface area contributed by atoms with Gasteiger partial charge in [0.05, 0.1) is 16.7 Å². The van der Waals surface area contributed by atoms with E-state index >= 15 is 0 Å². The van der Waals surface area contributed by atoms with E-state index in [9.17, 15) is 0 Å². The van der Waals surface area contributed by atoms with Gasteiger partial charge in [0.2, 0.25) is 0 Å². The first-order valence-electron chi connectivity index (χ1n) is 16.0. The van der Waals surface area contributed by atoms with Crippen molar-refractivity contribution in [2.24, 2.45) is 0 Å². The van der Waals surface area contributed by atoms with E-state index in [1.54, 1.807) is 0 Å². The molecule has 2 aromatic heterocycles. The zero-order valence-corrected chi connectivity index (χ0v) is 25.6. The van der Waals surface area contributed by atoms with E-state index < -0.39 is 0 Å². The first kappa shape index (κ1) is 25.5. The van der Waals surface area contributed by atoms with E-state index in [0.29, 0.717) is 0 Å². The number of para-hydroxylation sites is 2. The largest absolute Gasteiger partial charge is 0.454 e. The average Bonchev–Trinajstić information content (AvgIpc) is 3.66. The maximum absolute atomic E-state index is 6.66. The molecule has 0 N–H and O–H groups in total. The smallest absolute Gasteiger partial charge is 0.159 e. The molecular formula is C44H29NO. The van der Waals surface area contributed by atoms with Gasteiger partial charge in [-0.2, -0.15) is 0 Å². The van der Waals surface area contributed by atoms with Crippen molar-refractivity contribution in [3.05, 3.63) is 151 Å². The second-order valence-corrected chi connectivity index (χ2v) is 12.5. The molecule has 0 unspecified atom stereocenters. The first-order valence-corrected chi connectivity index (χ1v) is 16.0. The molecule has 2 nitrogen and oxygen atoms in total. The molecule has 0 atom stereocenters. The highest BCUT2D eigenvalue weighted by Crippen LogP contribution is 2.48. The number of aromatic nitrogens is 1. The second kappa shape index (κ2) is 9.32. The standard InChI is InChI=1S/C44H29NO/c1-26-30-14-5-3-12-28(30)22-24-31(26)40-27(2)41-42-32-15-6-4-13-29(32)23-25-37(42)45(43(41)35-18-8-7-17-34(35)40)38-20-11-19-36-33-16-9-10-21-39(33)46-44(36)38/h3-25H,1-2H3. The van der Waals surface area contributed by atoms with Crippen molar-refractivity contribution in [1.82, 2.24) is 4.57 Å². The number of benzene rings is 8. The molecule has 0 radical (unpaired) electrons. The lowest BCUT2D eigenvalue weighted by Crippen LogP contribution is -1.97. The fourth-order valence-electron chi connectivity index (χ4n) is 8.12. The lowest BCUT2D eigenvalue weighted by Gasteiger charge is -2.18. The molecule has 0 fully saturated rings. The molecular weight excluding hydrogens is 558 g/mol. The maximum atomic E-state index is 6.66. The molecule has 0 amide bonds. The van der Waals surface area contributed by atoms with Crippen LogP contribution in [0.15, 0.2) is 144 Å². The highest BCUT2D eigenvalue weighted by atomic mass is 16.3. The lowest BCUT2D eigenvalue weighted by molar-refractivity contribution is 0.666. The Kier molecular flexibility index (Phi) is 5.16. The molecule has 0 aliphatic rings. The molecule has 0 bridgehead atoms. The SMILES string of the molecule is Cc1c(-c2c(C)c3c4c5ccccc5ccc4n(-c4cccc5c4oc4ccccc45)c3c3ccccc23)ccc2ccccc12. The van der Waals surface area contributed by atoms with Gasteiger partial charge in [-0.05, 0) is 81.2 Å². The normalized spacial score (nSPS) is 12.1. The fourth-order valence-corrected chi connectivity index (χ4v) is 8.12. The maximum Gasteiger partial charge on any atom is 0.159 e. The number of aryl methyl sites for hydroxylation is 2. The van der Waals surface area contributed by atoms with Gasteiger partial charge in [-0.3, -0.25) is 0 Å². The van der Waals surface area contributed by atoms with Gasteiger partial charge in [0, 0.05) is 26.9 Å². The minimum Gasteiger partial charge on any atom is -0.454 e. The van der Waals surface area contributed by atoms with Crippen molar-refractivity contribution in [2.45, 2.75) is 13.8 Å². The Hall–Kier alpha value is -5.86. The van der Waals surface area contributed by atoms with Crippen LogP contribution >= 0.6 is 0 Å². The van der Waals surface area contributed by atoms with Crippen molar-refractivity contribution in [1.29, 1.82) is 0 Å². The summed E-state index contributed by atoms with van der Waals surface area (Å²) < 4.78 is 9.13. The van der Waals surface area contributed by atoms with Crippen LogP contribution in [-0.2, 0) is 0 Å². The van der Waals surface area contributed by atoms with E-state index in [4.69, 9.17) is 4.42 Å². The molecule has 10 rings (SSSR count). The first-order chi connectivity index (χ1) is 22.7. The second-order valence-electron chi connectivity index (χ2n) is 12.5. The van der Waals surface area contributed by atoms with Crippen molar-refractivity contribution in [2.75, 3.05) is 0 Å². The monoisotopic (exact) mass is 587 g/mol. The van der Waals surface area contributed by atoms with Gasteiger partial charge in [-0.25, -0.2) is 0 Å². The predicted molar refractivity (Wildman–Crippen MR) is 195 cm³/mol. The molecule has 8 aromatic carbocycles. The summed E-state index contributed by atoms with van der Waals surface area (Å²) in [6, 6.07) is 50.5. The van der Waals surface area contributed by atoms with Crippen LogP contribution in [0.2, 0.25) is 0 Å². The summed E-state index contributed by atoms with van der Waals surface area (Å²) >= 11 is 0. The van der Waals surface area contributed by atoms with Gasteiger partial charge in [-0.15, -0.1) is 0 Å². The molecule has 216 valence electrons. The number of fused-ring (bicyclic) bond motifs is 11. The van der Waals surface area contributed by atoms with Crippen LogP contribution in [0.25, 0.3) is 92.9 Å². The molecule has 0 aliphatic carbocycles. The van der Waals surface area contributed by atoms with Gasteiger partial charge >= 0.3 is 0 Å². The summed E-state index contributed by atoms with van der Waals surface area (Å²) in [5.74, 6) is 0. The van der Waals surface area contributed by atoms with Crippen LogP contribution in [-0.4, -0.2) is 4.57 Å².